The monoisotopic (exact) mass is 268 g/mol. The molecule has 0 bridgehead atoms. The minimum Gasteiger partial charge on any atom is -0.343 e. The maximum absolute atomic E-state index is 12.1. The van der Waals surface area contributed by atoms with Gasteiger partial charge in [-0.1, -0.05) is 20.8 Å². The molecule has 0 saturated carbocycles. The summed E-state index contributed by atoms with van der Waals surface area (Å²) < 4.78 is 0. The summed E-state index contributed by atoms with van der Waals surface area (Å²) in [6, 6.07) is 0.565. The van der Waals surface area contributed by atoms with Crippen LogP contribution in [0.25, 0.3) is 0 Å². The van der Waals surface area contributed by atoms with E-state index >= 15 is 0 Å². The van der Waals surface area contributed by atoms with Gasteiger partial charge in [-0.3, -0.25) is 4.79 Å². The normalized spacial score (nSPS) is 22.7. The Balaban J connectivity index is 2.31. The van der Waals surface area contributed by atoms with Gasteiger partial charge in [-0.15, -0.1) is 0 Å². The number of likely N-dealkylation sites (tertiary alicyclic amines) is 1. The first-order valence-electron chi connectivity index (χ1n) is 8.05. The molecular formula is C16H32N2O. The van der Waals surface area contributed by atoms with Gasteiger partial charge >= 0.3 is 0 Å². The third-order valence-electron chi connectivity index (χ3n) is 4.41. The molecule has 0 aromatic rings. The van der Waals surface area contributed by atoms with Crippen molar-refractivity contribution < 1.29 is 4.79 Å². The van der Waals surface area contributed by atoms with Crippen LogP contribution in [0.2, 0.25) is 0 Å². The molecule has 1 aliphatic rings. The van der Waals surface area contributed by atoms with Crippen LogP contribution in [-0.4, -0.2) is 36.5 Å². The van der Waals surface area contributed by atoms with E-state index in [9.17, 15) is 4.79 Å². The molecule has 1 aliphatic heterocycles. The summed E-state index contributed by atoms with van der Waals surface area (Å²) in [6.07, 6.45) is 5.30. The highest BCUT2D eigenvalue weighted by Gasteiger charge is 2.23. The third kappa shape index (κ3) is 5.94. The standard InChI is InChI=1S/C16H32N2O/c1-5-17-14(4)7-6-11-18-12-10-15(13(2)3)8-9-16(18)19/h13-15,17H,5-12H2,1-4H3. The zero-order valence-corrected chi connectivity index (χ0v) is 13.2. The summed E-state index contributed by atoms with van der Waals surface area (Å²) in [5.74, 6) is 1.82. The van der Waals surface area contributed by atoms with Crippen LogP contribution in [-0.2, 0) is 4.79 Å². The Labute approximate surface area is 119 Å². The Morgan fingerprint density at radius 2 is 2.05 bits per heavy atom. The average molecular weight is 268 g/mol. The largest absolute Gasteiger partial charge is 0.343 e. The van der Waals surface area contributed by atoms with E-state index in [0.717, 1.165) is 51.2 Å². The van der Waals surface area contributed by atoms with Crippen LogP contribution in [0.15, 0.2) is 0 Å². The van der Waals surface area contributed by atoms with E-state index in [2.05, 4.69) is 37.9 Å². The first-order chi connectivity index (χ1) is 9.04. The number of nitrogens with zero attached hydrogens (tertiary/aromatic N) is 1. The second kappa shape index (κ2) is 8.57. The topological polar surface area (TPSA) is 32.3 Å². The first kappa shape index (κ1) is 16.5. The van der Waals surface area contributed by atoms with Crippen molar-refractivity contribution in [1.29, 1.82) is 0 Å². The van der Waals surface area contributed by atoms with Crippen molar-refractivity contribution in [1.82, 2.24) is 10.2 Å². The van der Waals surface area contributed by atoms with E-state index in [1.165, 1.54) is 6.42 Å². The van der Waals surface area contributed by atoms with Crippen LogP contribution < -0.4 is 5.32 Å². The molecule has 2 unspecified atom stereocenters. The van der Waals surface area contributed by atoms with E-state index in [0.29, 0.717) is 17.9 Å². The molecule has 0 aromatic heterocycles. The third-order valence-corrected chi connectivity index (χ3v) is 4.41. The highest BCUT2D eigenvalue weighted by Crippen LogP contribution is 2.25. The highest BCUT2D eigenvalue weighted by molar-refractivity contribution is 5.76. The quantitative estimate of drug-likeness (QED) is 0.769. The molecule has 1 heterocycles. The molecule has 0 spiro atoms. The zero-order chi connectivity index (χ0) is 14.3. The number of nitrogens with one attached hydrogen (secondary N) is 1. The molecule has 0 radical (unpaired) electrons. The van der Waals surface area contributed by atoms with E-state index < -0.39 is 0 Å². The number of carbonyl (C=O) groups excluding carboxylic acids is 1. The van der Waals surface area contributed by atoms with Gasteiger partial charge in [0.1, 0.15) is 0 Å². The fraction of sp³-hybridized carbons (Fsp3) is 0.938. The van der Waals surface area contributed by atoms with Crippen LogP contribution in [0.4, 0.5) is 0 Å². The average Bonchev–Trinajstić information content (AvgIpc) is 2.53. The second-order valence-corrected chi connectivity index (χ2v) is 6.31. The fourth-order valence-corrected chi connectivity index (χ4v) is 3.00. The van der Waals surface area contributed by atoms with Crippen LogP contribution in [0.3, 0.4) is 0 Å². The van der Waals surface area contributed by atoms with Gasteiger partial charge in [-0.25, -0.2) is 0 Å². The smallest absolute Gasteiger partial charge is 0.222 e. The van der Waals surface area contributed by atoms with Crippen LogP contribution in [0.5, 0.6) is 0 Å². The van der Waals surface area contributed by atoms with E-state index in [4.69, 9.17) is 0 Å². The molecule has 1 N–H and O–H groups in total. The molecule has 1 amide bonds. The molecule has 19 heavy (non-hydrogen) atoms. The van der Waals surface area contributed by atoms with Crippen molar-refractivity contribution in [3.63, 3.8) is 0 Å². The first-order valence-corrected chi connectivity index (χ1v) is 8.05. The van der Waals surface area contributed by atoms with Crippen LogP contribution >= 0.6 is 0 Å². The molecule has 1 saturated heterocycles. The van der Waals surface area contributed by atoms with Gasteiger partial charge in [-0.05, 0) is 51.0 Å². The maximum atomic E-state index is 12.1. The molecule has 3 heteroatoms. The predicted octanol–water partition coefficient (Wildman–Crippen LogP) is 3.05. The molecule has 0 aliphatic carbocycles. The summed E-state index contributed by atoms with van der Waals surface area (Å²) >= 11 is 0. The molecule has 0 aromatic carbocycles. The Morgan fingerprint density at radius 1 is 1.32 bits per heavy atom. The SMILES string of the molecule is CCNC(C)CCCN1CCC(C(C)C)CCC1=O. The Bertz CT molecular complexity index is 265. The molecule has 112 valence electrons. The van der Waals surface area contributed by atoms with E-state index in [-0.39, 0.29) is 0 Å². The van der Waals surface area contributed by atoms with Crippen LogP contribution in [0, 0.1) is 11.8 Å². The molecule has 1 fully saturated rings. The minimum absolute atomic E-state index is 0.374. The number of amides is 1. The summed E-state index contributed by atoms with van der Waals surface area (Å²) in [6.45, 7) is 11.9. The van der Waals surface area contributed by atoms with Gasteiger partial charge in [0.2, 0.25) is 5.91 Å². The lowest BCUT2D eigenvalue weighted by molar-refractivity contribution is -0.130. The van der Waals surface area contributed by atoms with Crippen molar-refractivity contribution >= 4 is 5.91 Å². The van der Waals surface area contributed by atoms with Gasteiger partial charge < -0.3 is 10.2 Å². The summed E-state index contributed by atoms with van der Waals surface area (Å²) in [7, 11) is 0. The Hall–Kier alpha value is -0.570. The molecule has 1 rings (SSSR count). The van der Waals surface area contributed by atoms with Crippen molar-refractivity contribution in [2.24, 2.45) is 11.8 Å². The summed E-state index contributed by atoms with van der Waals surface area (Å²) in [5, 5.41) is 3.43. The summed E-state index contributed by atoms with van der Waals surface area (Å²) in [5.41, 5.74) is 0. The van der Waals surface area contributed by atoms with Gasteiger partial charge in [0.05, 0.1) is 0 Å². The lowest BCUT2D eigenvalue weighted by atomic mass is 9.89. The second-order valence-electron chi connectivity index (χ2n) is 6.31. The fourth-order valence-electron chi connectivity index (χ4n) is 3.00. The lowest BCUT2D eigenvalue weighted by Crippen LogP contribution is -2.33. The molecule has 3 nitrogen and oxygen atoms in total. The predicted molar refractivity (Wildman–Crippen MR) is 81.1 cm³/mol. The number of hydrogen-bond acceptors (Lipinski definition) is 2. The minimum atomic E-state index is 0.374. The van der Waals surface area contributed by atoms with Crippen molar-refractivity contribution in [3.8, 4) is 0 Å². The number of hydrogen-bond donors (Lipinski definition) is 1. The van der Waals surface area contributed by atoms with Gasteiger partial charge in [0.25, 0.3) is 0 Å². The van der Waals surface area contributed by atoms with Gasteiger partial charge in [-0.2, -0.15) is 0 Å². The van der Waals surface area contributed by atoms with E-state index in [1.54, 1.807) is 0 Å². The molecule has 2 atom stereocenters. The van der Waals surface area contributed by atoms with Crippen molar-refractivity contribution in [3.05, 3.63) is 0 Å². The molecular weight excluding hydrogens is 236 g/mol. The highest BCUT2D eigenvalue weighted by atomic mass is 16.2. The Morgan fingerprint density at radius 3 is 2.68 bits per heavy atom. The van der Waals surface area contributed by atoms with Gasteiger partial charge in [0, 0.05) is 25.6 Å². The number of rotatable bonds is 7. The van der Waals surface area contributed by atoms with Gasteiger partial charge in [0.15, 0.2) is 0 Å². The van der Waals surface area contributed by atoms with Crippen molar-refractivity contribution in [2.45, 2.75) is 65.8 Å². The van der Waals surface area contributed by atoms with Crippen LogP contribution in [0.1, 0.15) is 59.8 Å². The summed E-state index contributed by atoms with van der Waals surface area (Å²) in [4.78, 5) is 14.2. The maximum Gasteiger partial charge on any atom is 0.222 e. The number of carbonyl (C=O) groups is 1. The lowest BCUT2D eigenvalue weighted by Gasteiger charge is -2.22. The Kier molecular flexibility index (Phi) is 7.44. The van der Waals surface area contributed by atoms with Crippen molar-refractivity contribution in [2.75, 3.05) is 19.6 Å². The zero-order valence-electron chi connectivity index (χ0n) is 13.2. The van der Waals surface area contributed by atoms with E-state index in [1.807, 2.05) is 0 Å².